The van der Waals surface area contributed by atoms with Gasteiger partial charge in [0.05, 0.1) is 10.6 Å². The summed E-state index contributed by atoms with van der Waals surface area (Å²) in [6.07, 6.45) is 1.31. The molecule has 144 valence electrons. The van der Waals surface area contributed by atoms with Crippen LogP contribution in [-0.4, -0.2) is 37.6 Å². The Kier molecular flexibility index (Phi) is 4.92. The van der Waals surface area contributed by atoms with Crippen molar-refractivity contribution in [1.29, 1.82) is 0 Å². The molecule has 2 aromatic rings. The molecule has 0 saturated carbocycles. The third-order valence-corrected chi connectivity index (χ3v) is 4.83. The molecule has 8 heteroatoms. The first kappa shape index (κ1) is 18.3. The van der Waals surface area contributed by atoms with Gasteiger partial charge in [-0.25, -0.2) is 4.79 Å². The second kappa shape index (κ2) is 7.52. The molecular weight excluding hydrogens is 386 g/mol. The minimum absolute atomic E-state index is 0.0297. The number of esters is 1. The molecule has 2 aliphatic rings. The fourth-order valence-electron chi connectivity index (χ4n) is 3.15. The summed E-state index contributed by atoms with van der Waals surface area (Å²) in [5.41, 5.74) is 1.20. The van der Waals surface area contributed by atoms with Gasteiger partial charge in [-0.05, 0) is 30.7 Å². The highest BCUT2D eigenvalue weighted by Gasteiger charge is 2.24. The molecule has 1 saturated heterocycles. The average Bonchev–Trinajstić information content (AvgIpc) is 3.35. The van der Waals surface area contributed by atoms with Crippen molar-refractivity contribution < 1.29 is 28.6 Å². The molecule has 0 unspecified atom stereocenters. The summed E-state index contributed by atoms with van der Waals surface area (Å²) >= 11 is 6.06. The van der Waals surface area contributed by atoms with Crippen LogP contribution in [0.5, 0.6) is 11.5 Å². The maximum Gasteiger partial charge on any atom is 0.338 e. The maximum absolute atomic E-state index is 12.4. The number of halogens is 1. The second-order valence-corrected chi connectivity index (χ2v) is 6.80. The number of amides is 1. The fourth-order valence-corrected chi connectivity index (χ4v) is 3.42. The molecule has 1 amide bonds. The van der Waals surface area contributed by atoms with E-state index in [2.05, 4.69) is 0 Å². The van der Waals surface area contributed by atoms with Gasteiger partial charge in [-0.1, -0.05) is 23.7 Å². The summed E-state index contributed by atoms with van der Waals surface area (Å²) in [5, 5.41) is 0.233. The Bertz CT molecular complexity index is 973. The number of hydrogen-bond acceptors (Lipinski definition) is 6. The molecule has 0 N–H and O–H groups in total. The normalized spacial score (nSPS) is 15.0. The third kappa shape index (κ3) is 3.53. The van der Waals surface area contributed by atoms with Gasteiger partial charge in [0.2, 0.25) is 12.7 Å². The van der Waals surface area contributed by atoms with Gasteiger partial charge < -0.3 is 19.1 Å². The highest BCUT2D eigenvalue weighted by Crippen LogP contribution is 2.39. The molecule has 1 fully saturated rings. The highest BCUT2D eigenvalue weighted by atomic mass is 35.5. The van der Waals surface area contributed by atoms with Crippen LogP contribution >= 0.6 is 11.6 Å². The minimum Gasteiger partial charge on any atom is -0.454 e. The van der Waals surface area contributed by atoms with Crippen molar-refractivity contribution in [2.24, 2.45) is 0 Å². The molecule has 0 aromatic heterocycles. The third-order valence-electron chi connectivity index (χ3n) is 4.55. The van der Waals surface area contributed by atoms with Crippen LogP contribution in [0.3, 0.4) is 0 Å². The quantitative estimate of drug-likeness (QED) is 0.565. The number of Topliss-reactive ketones (excluding diaryl/α,β-unsaturated/α-hetero) is 1. The number of fused-ring (bicyclic) bond motifs is 1. The van der Waals surface area contributed by atoms with Gasteiger partial charge >= 0.3 is 5.97 Å². The van der Waals surface area contributed by atoms with Crippen LogP contribution in [0.25, 0.3) is 0 Å². The zero-order valence-electron chi connectivity index (χ0n) is 14.8. The Morgan fingerprint density at radius 2 is 2.00 bits per heavy atom. The van der Waals surface area contributed by atoms with Crippen molar-refractivity contribution in [3.05, 3.63) is 52.5 Å². The summed E-state index contributed by atoms with van der Waals surface area (Å²) in [6, 6.07) is 9.60. The number of nitrogens with zero attached hydrogens (tertiary/aromatic N) is 1. The van der Waals surface area contributed by atoms with E-state index >= 15 is 0 Å². The van der Waals surface area contributed by atoms with E-state index in [4.69, 9.17) is 25.8 Å². The van der Waals surface area contributed by atoms with Crippen LogP contribution in [0.1, 0.15) is 33.6 Å². The number of ketones is 1. The van der Waals surface area contributed by atoms with E-state index in [1.165, 1.54) is 12.1 Å². The number of carbonyl (C=O) groups is 3. The summed E-state index contributed by atoms with van der Waals surface area (Å²) in [4.78, 5) is 38.2. The standard InChI is InChI=1S/C20H16ClNO6/c21-15-8-13(9-17-19(15)28-11-27-17)20(25)26-10-16(23)12-3-1-4-14(7-12)22-6-2-5-18(22)24/h1,3-4,7-9H,2,5-6,10-11H2. The average molecular weight is 402 g/mol. The predicted octanol–water partition coefficient (Wildman–Crippen LogP) is 3.24. The SMILES string of the molecule is O=C(COC(=O)c1cc(Cl)c2c(c1)OCO2)c1cccc(N2CCCC2=O)c1. The van der Waals surface area contributed by atoms with E-state index in [-0.39, 0.29) is 29.1 Å². The lowest BCUT2D eigenvalue weighted by atomic mass is 10.1. The molecule has 0 radical (unpaired) electrons. The number of anilines is 1. The molecule has 0 bridgehead atoms. The van der Waals surface area contributed by atoms with E-state index < -0.39 is 12.6 Å². The van der Waals surface area contributed by atoms with Crippen LogP contribution in [0.15, 0.2) is 36.4 Å². The van der Waals surface area contributed by atoms with E-state index in [1.807, 2.05) is 0 Å². The lowest BCUT2D eigenvalue weighted by Gasteiger charge is -2.16. The summed E-state index contributed by atoms with van der Waals surface area (Å²) in [7, 11) is 0. The zero-order valence-corrected chi connectivity index (χ0v) is 15.5. The van der Waals surface area contributed by atoms with Crippen LogP contribution in [0.2, 0.25) is 5.02 Å². The van der Waals surface area contributed by atoms with E-state index in [9.17, 15) is 14.4 Å². The Hall–Kier alpha value is -3.06. The molecule has 2 heterocycles. The van der Waals surface area contributed by atoms with Gasteiger partial charge in [0, 0.05) is 24.2 Å². The Morgan fingerprint density at radius 1 is 1.14 bits per heavy atom. The Morgan fingerprint density at radius 3 is 2.79 bits per heavy atom. The van der Waals surface area contributed by atoms with Crippen LogP contribution in [0, 0.1) is 0 Å². The second-order valence-electron chi connectivity index (χ2n) is 6.39. The monoisotopic (exact) mass is 401 g/mol. The van der Waals surface area contributed by atoms with Crippen LogP contribution < -0.4 is 14.4 Å². The van der Waals surface area contributed by atoms with Crippen molar-refractivity contribution in [1.82, 2.24) is 0 Å². The molecule has 7 nitrogen and oxygen atoms in total. The number of carbonyl (C=O) groups excluding carboxylic acids is 3. The molecule has 28 heavy (non-hydrogen) atoms. The van der Waals surface area contributed by atoms with Crippen LogP contribution in [0.4, 0.5) is 5.69 Å². The number of rotatable bonds is 5. The topological polar surface area (TPSA) is 82.1 Å². The lowest BCUT2D eigenvalue weighted by Crippen LogP contribution is -2.24. The van der Waals surface area contributed by atoms with E-state index in [0.717, 1.165) is 6.42 Å². The highest BCUT2D eigenvalue weighted by molar-refractivity contribution is 6.32. The van der Waals surface area contributed by atoms with Crippen molar-refractivity contribution in [2.45, 2.75) is 12.8 Å². The van der Waals surface area contributed by atoms with Gasteiger partial charge in [0.25, 0.3) is 0 Å². The summed E-state index contributed by atoms with van der Waals surface area (Å²) in [5.74, 6) is -0.292. The van der Waals surface area contributed by atoms with Crippen molar-refractivity contribution in [2.75, 3.05) is 24.8 Å². The molecule has 0 spiro atoms. The first-order valence-electron chi connectivity index (χ1n) is 8.73. The Labute approximate surface area is 165 Å². The predicted molar refractivity (Wildman–Crippen MR) is 100 cm³/mol. The van der Waals surface area contributed by atoms with Gasteiger partial charge in [-0.15, -0.1) is 0 Å². The molecular formula is C20H16ClNO6. The largest absolute Gasteiger partial charge is 0.454 e. The van der Waals surface area contributed by atoms with Gasteiger partial charge in [0.15, 0.2) is 23.9 Å². The number of ether oxygens (including phenoxy) is 3. The van der Waals surface area contributed by atoms with Crippen molar-refractivity contribution in [3.8, 4) is 11.5 Å². The summed E-state index contributed by atoms with van der Waals surface area (Å²) in [6.45, 7) is 0.237. The molecule has 2 aromatic carbocycles. The van der Waals surface area contributed by atoms with E-state index in [1.54, 1.807) is 29.2 Å². The number of hydrogen-bond donors (Lipinski definition) is 0. The van der Waals surface area contributed by atoms with Gasteiger partial charge in [-0.2, -0.15) is 0 Å². The minimum atomic E-state index is -0.695. The Balaban J connectivity index is 1.43. The number of benzene rings is 2. The maximum atomic E-state index is 12.4. The van der Waals surface area contributed by atoms with Gasteiger partial charge in [0.1, 0.15) is 0 Å². The smallest absolute Gasteiger partial charge is 0.338 e. The van der Waals surface area contributed by atoms with Crippen molar-refractivity contribution in [3.63, 3.8) is 0 Å². The summed E-state index contributed by atoms with van der Waals surface area (Å²) < 4.78 is 15.5. The molecule has 4 rings (SSSR count). The lowest BCUT2D eigenvalue weighted by molar-refractivity contribution is -0.117. The first-order chi connectivity index (χ1) is 13.5. The van der Waals surface area contributed by atoms with Crippen LogP contribution in [-0.2, 0) is 9.53 Å². The fraction of sp³-hybridized carbons (Fsp3) is 0.250. The van der Waals surface area contributed by atoms with Crippen molar-refractivity contribution >= 4 is 34.9 Å². The molecule has 2 aliphatic heterocycles. The zero-order chi connectivity index (χ0) is 19.7. The first-order valence-corrected chi connectivity index (χ1v) is 9.10. The van der Waals surface area contributed by atoms with Gasteiger partial charge in [-0.3, -0.25) is 9.59 Å². The molecule has 0 atom stereocenters. The van der Waals surface area contributed by atoms with E-state index in [0.29, 0.717) is 35.7 Å². The molecule has 0 aliphatic carbocycles.